The average molecular weight is 826 g/mol. The quantitative estimate of drug-likeness (QED) is 0.118. The largest absolute Gasteiger partial charge is 0.489 e. The lowest BCUT2D eigenvalue weighted by molar-refractivity contribution is -0.160. The van der Waals surface area contributed by atoms with Gasteiger partial charge in [-0.25, -0.2) is 24.2 Å². The highest BCUT2D eigenvalue weighted by Crippen LogP contribution is 2.41. The van der Waals surface area contributed by atoms with E-state index in [1.807, 2.05) is 26.8 Å². The van der Waals surface area contributed by atoms with E-state index in [-0.39, 0.29) is 31.1 Å². The Morgan fingerprint density at radius 3 is 2.24 bits per heavy atom. The number of nitrogens with one attached hydrogen (secondary N) is 1. The Labute approximate surface area is 349 Å². The van der Waals surface area contributed by atoms with Gasteiger partial charge in [-0.1, -0.05) is 33.6 Å². The maximum atomic E-state index is 13.3. The maximum Gasteiger partial charge on any atom is 0.411 e. The van der Waals surface area contributed by atoms with Gasteiger partial charge in [0.25, 0.3) is 0 Å². The van der Waals surface area contributed by atoms with Crippen molar-refractivity contribution in [1.29, 1.82) is 0 Å². The molecule has 0 spiro atoms. The molecule has 1 N–H and O–H groups in total. The summed E-state index contributed by atoms with van der Waals surface area (Å²) >= 11 is 0. The van der Waals surface area contributed by atoms with Crippen molar-refractivity contribution < 1.29 is 47.6 Å². The number of hydrogen-bond donors (Lipinski definition) is 1. The van der Waals surface area contributed by atoms with Gasteiger partial charge in [0.15, 0.2) is 0 Å². The minimum atomic E-state index is -0.867. The third-order valence-corrected chi connectivity index (χ3v) is 10.8. The van der Waals surface area contributed by atoms with Crippen LogP contribution in [0.3, 0.4) is 0 Å². The number of unbranched alkanes of at least 4 members (excludes halogenated alkanes) is 2. The molecule has 5 atom stereocenters. The molecule has 328 valence electrons. The number of fused-ring (bicyclic) bond motifs is 1. The van der Waals surface area contributed by atoms with Crippen molar-refractivity contribution in [2.45, 2.75) is 162 Å². The second kappa shape index (κ2) is 18.9. The molecular formula is C44H67N5O10. The number of rotatable bonds is 14. The van der Waals surface area contributed by atoms with Gasteiger partial charge in [-0.2, -0.15) is 0 Å². The van der Waals surface area contributed by atoms with Crippen LogP contribution in [-0.2, 0) is 35.0 Å². The fourth-order valence-corrected chi connectivity index (χ4v) is 7.57. The molecule has 2 aromatic rings. The van der Waals surface area contributed by atoms with E-state index in [2.05, 4.69) is 22.2 Å². The first kappa shape index (κ1) is 45.7. The molecule has 0 radical (unpaired) electrons. The van der Waals surface area contributed by atoms with Gasteiger partial charge in [-0.3, -0.25) is 9.88 Å². The molecular weight excluding hydrogens is 759 g/mol. The van der Waals surface area contributed by atoms with Crippen molar-refractivity contribution in [2.75, 3.05) is 33.8 Å². The molecule has 2 aliphatic heterocycles. The Kier molecular flexibility index (Phi) is 14.6. The first-order valence-electron chi connectivity index (χ1n) is 21.2. The fraction of sp³-hybridized carbons (Fsp3) is 0.727. The number of ether oxygens (including phenoxy) is 6. The zero-order valence-corrected chi connectivity index (χ0v) is 37.1. The topological polar surface area (TPSA) is 168 Å². The van der Waals surface area contributed by atoms with E-state index in [0.717, 1.165) is 69.0 Å². The second-order valence-corrected chi connectivity index (χ2v) is 19.4. The molecule has 0 aromatic carbocycles. The number of esters is 2. The Morgan fingerprint density at radius 1 is 0.898 bits per heavy atom. The van der Waals surface area contributed by atoms with Gasteiger partial charge >= 0.3 is 24.1 Å². The highest BCUT2D eigenvalue weighted by molar-refractivity contribution is 5.87. The molecule has 1 aliphatic carbocycles. The van der Waals surface area contributed by atoms with E-state index in [1.54, 1.807) is 53.9 Å². The summed E-state index contributed by atoms with van der Waals surface area (Å²) < 4.78 is 35.5. The van der Waals surface area contributed by atoms with Crippen LogP contribution in [0.2, 0.25) is 0 Å². The van der Waals surface area contributed by atoms with Crippen molar-refractivity contribution in [1.82, 2.24) is 25.1 Å². The average Bonchev–Trinajstić information content (AvgIpc) is 3.72. The lowest BCUT2D eigenvalue weighted by atomic mass is 9.86. The van der Waals surface area contributed by atoms with Gasteiger partial charge in [0.1, 0.15) is 47.3 Å². The summed E-state index contributed by atoms with van der Waals surface area (Å²) in [4.78, 5) is 65.0. The first-order chi connectivity index (χ1) is 27.6. The molecule has 2 aromatic heterocycles. The SMILES string of the molecule is COC(=O)[C@@H]1C[C@@H](Oc2nc3ccncc3c(OC3CCN(C)CC3)c2CCCCCC2C[C@H]2OC(=O)N[C@H](C(=O)OC(C)(C)C)C(C)(C)C)CN1C(=O)OC(C)(C)C. The Morgan fingerprint density at radius 2 is 1.59 bits per heavy atom. The molecule has 3 fully saturated rings. The van der Waals surface area contributed by atoms with Crippen LogP contribution in [0.1, 0.15) is 119 Å². The molecule has 5 rings (SSSR count). The summed E-state index contributed by atoms with van der Waals surface area (Å²) in [7, 11) is 3.42. The number of carbonyl (C=O) groups excluding carboxylic acids is 4. The summed E-state index contributed by atoms with van der Waals surface area (Å²) in [6.45, 7) is 18.3. The minimum absolute atomic E-state index is 0.00765. The van der Waals surface area contributed by atoms with E-state index in [1.165, 1.54) is 12.0 Å². The number of methoxy groups -OCH3 is 1. The van der Waals surface area contributed by atoms with Crippen LogP contribution in [0.5, 0.6) is 11.6 Å². The van der Waals surface area contributed by atoms with Crippen LogP contribution in [0, 0.1) is 11.3 Å². The number of hydrogen-bond acceptors (Lipinski definition) is 13. The molecule has 3 aliphatic rings. The highest BCUT2D eigenvalue weighted by atomic mass is 16.6. The molecule has 2 saturated heterocycles. The highest BCUT2D eigenvalue weighted by Gasteiger charge is 2.45. The van der Waals surface area contributed by atoms with E-state index < -0.39 is 58.9 Å². The molecule has 59 heavy (non-hydrogen) atoms. The molecule has 1 unspecified atom stereocenters. The third kappa shape index (κ3) is 13.0. The van der Waals surface area contributed by atoms with Crippen LogP contribution in [0.25, 0.3) is 10.9 Å². The summed E-state index contributed by atoms with van der Waals surface area (Å²) in [5, 5.41) is 3.56. The van der Waals surface area contributed by atoms with Crippen molar-refractivity contribution in [3.05, 3.63) is 24.0 Å². The number of likely N-dealkylation sites (tertiary alicyclic amines) is 2. The molecule has 2 amide bonds. The normalized spacial score (nSPS) is 22.1. The summed E-state index contributed by atoms with van der Waals surface area (Å²) in [5.41, 5.74) is -0.483. The van der Waals surface area contributed by atoms with Crippen LogP contribution in [-0.4, -0.2) is 119 Å². The summed E-state index contributed by atoms with van der Waals surface area (Å²) in [6.07, 6.45) is 8.42. The summed E-state index contributed by atoms with van der Waals surface area (Å²) in [6, 6.07) is 0.122. The smallest absolute Gasteiger partial charge is 0.411 e. The van der Waals surface area contributed by atoms with Crippen molar-refractivity contribution in [2.24, 2.45) is 11.3 Å². The van der Waals surface area contributed by atoms with E-state index in [0.29, 0.717) is 23.6 Å². The number of piperidine rings is 1. The van der Waals surface area contributed by atoms with Crippen LogP contribution in [0.15, 0.2) is 18.5 Å². The van der Waals surface area contributed by atoms with Crippen molar-refractivity contribution >= 4 is 35.0 Å². The van der Waals surface area contributed by atoms with Crippen LogP contribution < -0.4 is 14.8 Å². The second-order valence-electron chi connectivity index (χ2n) is 19.4. The van der Waals surface area contributed by atoms with Gasteiger partial charge in [0.05, 0.1) is 30.1 Å². The molecule has 4 heterocycles. The Bertz CT molecular complexity index is 1790. The van der Waals surface area contributed by atoms with Crippen LogP contribution in [0.4, 0.5) is 9.59 Å². The van der Waals surface area contributed by atoms with Gasteiger partial charge < -0.3 is 38.6 Å². The lowest BCUT2D eigenvalue weighted by Gasteiger charge is -2.32. The van der Waals surface area contributed by atoms with Gasteiger partial charge in [-0.05, 0) is 105 Å². The van der Waals surface area contributed by atoms with Crippen LogP contribution >= 0.6 is 0 Å². The fourth-order valence-electron chi connectivity index (χ4n) is 7.57. The van der Waals surface area contributed by atoms with Crippen molar-refractivity contribution in [3.63, 3.8) is 0 Å². The predicted octanol–water partition coefficient (Wildman–Crippen LogP) is 7.01. The number of pyridine rings is 2. The minimum Gasteiger partial charge on any atom is -0.489 e. The van der Waals surface area contributed by atoms with Gasteiger partial charge in [-0.15, -0.1) is 0 Å². The number of alkyl carbamates (subject to hydrolysis) is 1. The van der Waals surface area contributed by atoms with E-state index in [9.17, 15) is 19.2 Å². The summed E-state index contributed by atoms with van der Waals surface area (Å²) in [5.74, 6) is 0.347. The predicted molar refractivity (Wildman–Crippen MR) is 221 cm³/mol. The standard InChI is InChI=1S/C44H67N5O10/c1-42(2,3)36(39(51)58-43(4,5)6)47-40(52)57-34-23-27(34)15-13-12-14-16-30-35(55-28-18-21-48(10)22-19-28)31-25-45-20-17-32(31)46-37(30)56-29-24-33(38(50)54-11)49(26-29)41(53)59-44(7,8)9/h17,20,25,27-29,33-34,36H,12-16,18-19,21-24,26H2,1-11H3,(H,47,52)/t27?,29-,33+,34-,36-/m1/s1. The van der Waals surface area contributed by atoms with Gasteiger partial charge in [0.2, 0.25) is 5.88 Å². The molecule has 1 saturated carbocycles. The zero-order valence-electron chi connectivity index (χ0n) is 37.1. The number of carbonyl (C=O) groups is 4. The monoisotopic (exact) mass is 825 g/mol. The maximum absolute atomic E-state index is 13.3. The number of nitrogens with zero attached hydrogens (tertiary/aromatic N) is 4. The Hall–Kier alpha value is -4.40. The lowest BCUT2D eigenvalue weighted by Crippen LogP contribution is -2.51. The number of amides is 2. The van der Waals surface area contributed by atoms with E-state index >= 15 is 0 Å². The first-order valence-corrected chi connectivity index (χ1v) is 21.2. The Balaban J connectivity index is 1.26. The van der Waals surface area contributed by atoms with Crippen molar-refractivity contribution in [3.8, 4) is 11.6 Å². The number of aromatic nitrogens is 2. The third-order valence-electron chi connectivity index (χ3n) is 10.8. The van der Waals surface area contributed by atoms with Gasteiger partial charge in [0, 0.05) is 31.9 Å². The molecule has 15 nitrogen and oxygen atoms in total. The van der Waals surface area contributed by atoms with E-state index in [4.69, 9.17) is 33.4 Å². The molecule has 15 heteroatoms. The molecule has 0 bridgehead atoms. The zero-order chi connectivity index (χ0) is 43.3.